The van der Waals surface area contributed by atoms with Gasteiger partial charge in [-0.25, -0.2) is 0 Å². The molecule has 0 atom stereocenters. The van der Waals surface area contributed by atoms with Gasteiger partial charge in [0.05, 0.1) is 13.2 Å². The Morgan fingerprint density at radius 1 is 1.32 bits per heavy atom. The van der Waals surface area contributed by atoms with Crippen LogP contribution in [-0.4, -0.2) is 37.3 Å². The van der Waals surface area contributed by atoms with Crippen LogP contribution in [0.25, 0.3) is 0 Å². The largest absolute Gasteiger partial charge is 0.493 e. The van der Waals surface area contributed by atoms with E-state index in [1.165, 1.54) is 0 Å². The molecule has 0 saturated carbocycles. The molecule has 5 heteroatoms. The molecule has 0 fully saturated rings. The van der Waals surface area contributed by atoms with Crippen molar-refractivity contribution in [3.05, 3.63) is 23.8 Å². The van der Waals surface area contributed by atoms with Crippen LogP contribution in [-0.2, 0) is 11.2 Å². The minimum atomic E-state index is 0.0675. The van der Waals surface area contributed by atoms with Gasteiger partial charge in [0.1, 0.15) is 5.75 Å². The fourth-order valence-electron chi connectivity index (χ4n) is 2.11. The van der Waals surface area contributed by atoms with Crippen LogP contribution >= 0.6 is 0 Å². The van der Waals surface area contributed by atoms with E-state index in [4.69, 9.17) is 9.84 Å². The van der Waals surface area contributed by atoms with Crippen LogP contribution in [0.1, 0.15) is 18.4 Å². The van der Waals surface area contributed by atoms with Gasteiger partial charge in [0.2, 0.25) is 5.91 Å². The summed E-state index contributed by atoms with van der Waals surface area (Å²) in [7, 11) is 0. The van der Waals surface area contributed by atoms with E-state index in [-0.39, 0.29) is 12.5 Å². The molecule has 0 aromatic heterocycles. The number of anilines is 1. The molecule has 0 saturated heterocycles. The summed E-state index contributed by atoms with van der Waals surface area (Å²) in [6, 6.07) is 5.74. The van der Waals surface area contributed by atoms with Crippen LogP contribution < -0.4 is 15.4 Å². The highest BCUT2D eigenvalue weighted by Crippen LogP contribution is 2.30. The summed E-state index contributed by atoms with van der Waals surface area (Å²) in [5, 5.41) is 14.6. The molecule has 1 heterocycles. The highest BCUT2D eigenvalue weighted by molar-refractivity contribution is 5.94. The van der Waals surface area contributed by atoms with E-state index in [9.17, 15) is 4.79 Å². The van der Waals surface area contributed by atoms with Crippen LogP contribution in [0.4, 0.5) is 5.69 Å². The van der Waals surface area contributed by atoms with Crippen molar-refractivity contribution >= 4 is 11.6 Å². The number of fused-ring (bicyclic) bond motifs is 1. The van der Waals surface area contributed by atoms with Gasteiger partial charge in [-0.1, -0.05) is 6.07 Å². The molecule has 2 rings (SSSR count). The highest BCUT2D eigenvalue weighted by Gasteiger charge is 2.17. The van der Waals surface area contributed by atoms with E-state index in [1.807, 2.05) is 18.2 Å². The molecular formula is C14H20N2O3. The van der Waals surface area contributed by atoms with Crippen molar-refractivity contribution in [2.45, 2.75) is 19.3 Å². The number of hydrogen-bond donors (Lipinski definition) is 3. The Morgan fingerprint density at radius 2 is 2.21 bits per heavy atom. The van der Waals surface area contributed by atoms with Crippen molar-refractivity contribution in [2.24, 2.45) is 0 Å². The normalized spacial score (nSPS) is 13.8. The van der Waals surface area contributed by atoms with Gasteiger partial charge in [0, 0.05) is 24.2 Å². The molecule has 1 aromatic carbocycles. The first-order valence-corrected chi connectivity index (χ1v) is 6.67. The van der Waals surface area contributed by atoms with Crippen LogP contribution in [0.5, 0.6) is 5.75 Å². The Morgan fingerprint density at radius 3 is 3.05 bits per heavy atom. The Kier molecular flexibility index (Phi) is 5.18. The van der Waals surface area contributed by atoms with Crippen molar-refractivity contribution in [3.63, 3.8) is 0 Å². The van der Waals surface area contributed by atoms with Crippen molar-refractivity contribution in [2.75, 3.05) is 31.6 Å². The van der Waals surface area contributed by atoms with E-state index < -0.39 is 0 Å². The van der Waals surface area contributed by atoms with E-state index in [0.717, 1.165) is 36.4 Å². The molecular weight excluding hydrogens is 244 g/mol. The average molecular weight is 264 g/mol. The number of carbonyl (C=O) groups is 1. The van der Waals surface area contributed by atoms with Gasteiger partial charge < -0.3 is 20.5 Å². The molecule has 1 aliphatic rings. The lowest BCUT2D eigenvalue weighted by Crippen LogP contribution is -2.21. The second-order valence-electron chi connectivity index (χ2n) is 4.51. The summed E-state index contributed by atoms with van der Waals surface area (Å²) in [5.41, 5.74) is 1.96. The second-order valence-corrected chi connectivity index (χ2v) is 4.51. The number of amides is 1. The zero-order chi connectivity index (χ0) is 13.5. The molecule has 5 nitrogen and oxygen atoms in total. The topological polar surface area (TPSA) is 70.6 Å². The molecule has 1 amide bonds. The SMILES string of the molecule is O=C1CCc2c(cccc2OCCCNCCO)N1. The first-order valence-electron chi connectivity index (χ1n) is 6.67. The number of carbonyl (C=O) groups excluding carboxylic acids is 1. The molecule has 0 unspecified atom stereocenters. The first kappa shape index (κ1) is 13.8. The Hall–Kier alpha value is -1.59. The number of rotatable bonds is 7. The summed E-state index contributed by atoms with van der Waals surface area (Å²) in [6.07, 6.45) is 2.14. The lowest BCUT2D eigenvalue weighted by molar-refractivity contribution is -0.116. The van der Waals surface area contributed by atoms with E-state index in [1.54, 1.807) is 0 Å². The molecule has 0 radical (unpaired) electrons. The minimum Gasteiger partial charge on any atom is -0.493 e. The monoisotopic (exact) mass is 264 g/mol. The number of aliphatic hydroxyl groups is 1. The number of aliphatic hydroxyl groups excluding tert-OH is 1. The van der Waals surface area contributed by atoms with Gasteiger partial charge in [-0.3, -0.25) is 4.79 Å². The summed E-state index contributed by atoms with van der Waals surface area (Å²) >= 11 is 0. The van der Waals surface area contributed by atoms with Crippen molar-refractivity contribution < 1.29 is 14.6 Å². The van der Waals surface area contributed by atoms with Gasteiger partial charge in [-0.05, 0) is 31.5 Å². The number of ether oxygens (including phenoxy) is 1. The van der Waals surface area contributed by atoms with E-state index in [2.05, 4.69) is 10.6 Å². The molecule has 104 valence electrons. The van der Waals surface area contributed by atoms with Gasteiger partial charge in [-0.2, -0.15) is 0 Å². The van der Waals surface area contributed by atoms with Crippen LogP contribution in [0.15, 0.2) is 18.2 Å². The van der Waals surface area contributed by atoms with Gasteiger partial charge >= 0.3 is 0 Å². The third-order valence-corrected chi connectivity index (χ3v) is 3.05. The fraction of sp³-hybridized carbons (Fsp3) is 0.500. The predicted octanol–water partition coefficient (Wildman–Crippen LogP) is 0.922. The Balaban J connectivity index is 1.84. The fourth-order valence-corrected chi connectivity index (χ4v) is 2.11. The zero-order valence-electron chi connectivity index (χ0n) is 10.9. The van der Waals surface area contributed by atoms with Crippen molar-refractivity contribution in [1.82, 2.24) is 5.32 Å². The van der Waals surface area contributed by atoms with Crippen LogP contribution in [0.3, 0.4) is 0 Å². The molecule has 0 spiro atoms. The van der Waals surface area contributed by atoms with Crippen LogP contribution in [0.2, 0.25) is 0 Å². The lowest BCUT2D eigenvalue weighted by atomic mass is 10.0. The van der Waals surface area contributed by atoms with Crippen LogP contribution in [0, 0.1) is 0 Å². The average Bonchev–Trinajstić information content (AvgIpc) is 2.42. The Labute approximate surface area is 113 Å². The van der Waals surface area contributed by atoms with Gasteiger partial charge in [0.15, 0.2) is 0 Å². The molecule has 3 N–H and O–H groups in total. The number of nitrogens with one attached hydrogen (secondary N) is 2. The maximum atomic E-state index is 11.3. The molecule has 0 bridgehead atoms. The number of hydrogen-bond acceptors (Lipinski definition) is 4. The third-order valence-electron chi connectivity index (χ3n) is 3.05. The predicted molar refractivity (Wildman–Crippen MR) is 73.5 cm³/mol. The van der Waals surface area contributed by atoms with E-state index >= 15 is 0 Å². The summed E-state index contributed by atoms with van der Waals surface area (Å²) in [4.78, 5) is 11.3. The Bertz CT molecular complexity index is 435. The number of benzene rings is 1. The summed E-state index contributed by atoms with van der Waals surface area (Å²) in [5.74, 6) is 0.928. The molecule has 19 heavy (non-hydrogen) atoms. The van der Waals surface area contributed by atoms with Gasteiger partial charge in [-0.15, -0.1) is 0 Å². The second kappa shape index (κ2) is 7.11. The molecule has 1 aliphatic heterocycles. The first-order chi connectivity index (χ1) is 9.31. The zero-order valence-corrected chi connectivity index (χ0v) is 10.9. The smallest absolute Gasteiger partial charge is 0.224 e. The summed E-state index contributed by atoms with van der Waals surface area (Å²) in [6.45, 7) is 2.23. The van der Waals surface area contributed by atoms with Crippen molar-refractivity contribution in [3.8, 4) is 5.75 Å². The highest BCUT2D eigenvalue weighted by atomic mass is 16.5. The standard InChI is InChI=1S/C14H20N2O3/c17-9-8-15-7-2-10-19-13-4-1-3-12-11(13)5-6-14(18)16-12/h1,3-4,15,17H,2,5-10H2,(H,16,18). The third kappa shape index (κ3) is 3.94. The summed E-state index contributed by atoms with van der Waals surface area (Å²) < 4.78 is 5.77. The molecule has 1 aromatic rings. The quantitative estimate of drug-likeness (QED) is 0.641. The minimum absolute atomic E-state index is 0.0675. The maximum absolute atomic E-state index is 11.3. The van der Waals surface area contributed by atoms with Gasteiger partial charge in [0.25, 0.3) is 0 Å². The van der Waals surface area contributed by atoms with Crippen molar-refractivity contribution in [1.29, 1.82) is 0 Å². The van der Waals surface area contributed by atoms with E-state index in [0.29, 0.717) is 19.6 Å². The lowest BCUT2D eigenvalue weighted by Gasteiger charge is -2.20. The maximum Gasteiger partial charge on any atom is 0.224 e. The molecule has 0 aliphatic carbocycles.